The molecular formula is C22H26N4O6. The Kier molecular flexibility index (Phi) is 9.27. The summed E-state index contributed by atoms with van der Waals surface area (Å²) >= 11 is 0. The number of rotatable bonds is 12. The molecule has 0 bridgehead atoms. The molecule has 170 valence electrons. The molecule has 0 heterocycles. The monoisotopic (exact) mass is 442 g/mol. The molecule has 0 aliphatic carbocycles. The van der Waals surface area contributed by atoms with Crippen molar-refractivity contribution in [1.29, 1.82) is 0 Å². The van der Waals surface area contributed by atoms with Crippen LogP contribution in [0.25, 0.3) is 0 Å². The van der Waals surface area contributed by atoms with E-state index in [9.17, 15) is 25.0 Å². The van der Waals surface area contributed by atoms with E-state index in [1.807, 2.05) is 5.01 Å². The highest BCUT2D eigenvalue weighted by Gasteiger charge is 2.21. The number of carbonyl (C=O) groups excluding carboxylic acids is 1. The molecule has 10 heteroatoms. The zero-order valence-corrected chi connectivity index (χ0v) is 18.1. The van der Waals surface area contributed by atoms with Gasteiger partial charge in [-0.3, -0.25) is 25.2 Å². The number of nitrogens with zero attached hydrogens (tertiary/aromatic N) is 4. The largest absolute Gasteiger partial charge is 0.423 e. The van der Waals surface area contributed by atoms with Crippen LogP contribution in [0.4, 0.5) is 11.4 Å². The molecule has 0 aromatic heterocycles. The van der Waals surface area contributed by atoms with Gasteiger partial charge in [0.05, 0.1) is 27.7 Å². The van der Waals surface area contributed by atoms with Gasteiger partial charge in [0.25, 0.3) is 11.4 Å². The van der Waals surface area contributed by atoms with Gasteiger partial charge < -0.3 is 4.74 Å². The summed E-state index contributed by atoms with van der Waals surface area (Å²) in [4.78, 5) is 32.9. The average molecular weight is 442 g/mol. The molecule has 0 aliphatic heterocycles. The Labute approximate surface area is 185 Å². The van der Waals surface area contributed by atoms with Crippen molar-refractivity contribution >= 4 is 23.6 Å². The van der Waals surface area contributed by atoms with Crippen molar-refractivity contribution in [3.63, 3.8) is 0 Å². The number of hydrogen-bond acceptors (Lipinski definition) is 8. The van der Waals surface area contributed by atoms with E-state index in [0.29, 0.717) is 5.56 Å². The van der Waals surface area contributed by atoms with Crippen LogP contribution < -0.4 is 4.74 Å². The molecule has 2 aromatic rings. The summed E-state index contributed by atoms with van der Waals surface area (Å²) < 4.78 is 5.29. The van der Waals surface area contributed by atoms with Crippen LogP contribution in [0.5, 0.6) is 5.75 Å². The van der Waals surface area contributed by atoms with Gasteiger partial charge in [-0.25, -0.2) is 4.79 Å². The van der Waals surface area contributed by atoms with Crippen molar-refractivity contribution in [3.05, 3.63) is 73.8 Å². The van der Waals surface area contributed by atoms with Crippen LogP contribution in [0.2, 0.25) is 0 Å². The lowest BCUT2D eigenvalue weighted by Crippen LogP contribution is -2.20. The van der Waals surface area contributed by atoms with Gasteiger partial charge in [-0.05, 0) is 30.5 Å². The van der Waals surface area contributed by atoms with E-state index in [0.717, 1.165) is 57.0 Å². The van der Waals surface area contributed by atoms with E-state index in [1.165, 1.54) is 0 Å². The number of non-ortho nitro benzene ring substituents is 2. The first-order chi connectivity index (χ1) is 15.3. The van der Waals surface area contributed by atoms with Crippen molar-refractivity contribution in [1.82, 2.24) is 5.01 Å². The molecule has 10 nitrogen and oxygen atoms in total. The van der Waals surface area contributed by atoms with Crippen LogP contribution >= 0.6 is 0 Å². The Balaban J connectivity index is 2.17. The van der Waals surface area contributed by atoms with Gasteiger partial charge in [0.2, 0.25) is 0 Å². The molecule has 0 amide bonds. The fraction of sp³-hybridized carbons (Fsp3) is 0.364. The lowest BCUT2D eigenvalue weighted by atomic mass is 10.1. The number of benzene rings is 2. The standard InChI is InChI=1S/C22H26N4O6/c1-3-5-10-24(11-6-4-2)23-16-17-8-7-9-21(12-17)32-22(27)18-13-19(25(28)29)15-20(14-18)26(30)31/h7-9,12-16H,3-6,10-11H2,1-2H3/b23-16-. The van der Waals surface area contributed by atoms with Crippen LogP contribution in [0.15, 0.2) is 47.6 Å². The summed E-state index contributed by atoms with van der Waals surface area (Å²) in [5.74, 6) is -0.736. The highest BCUT2D eigenvalue weighted by Crippen LogP contribution is 2.24. The lowest BCUT2D eigenvalue weighted by Gasteiger charge is -2.18. The van der Waals surface area contributed by atoms with Gasteiger partial charge in [0, 0.05) is 25.2 Å². The predicted molar refractivity (Wildman–Crippen MR) is 120 cm³/mol. The van der Waals surface area contributed by atoms with Crippen LogP contribution in [-0.2, 0) is 0 Å². The third-order valence-corrected chi connectivity index (χ3v) is 4.54. The molecular weight excluding hydrogens is 416 g/mol. The maximum absolute atomic E-state index is 12.5. The lowest BCUT2D eigenvalue weighted by molar-refractivity contribution is -0.394. The van der Waals surface area contributed by atoms with Crippen molar-refractivity contribution < 1.29 is 19.4 Å². The fourth-order valence-electron chi connectivity index (χ4n) is 2.80. The van der Waals surface area contributed by atoms with Gasteiger partial charge in [-0.2, -0.15) is 5.10 Å². The molecule has 0 atom stereocenters. The van der Waals surface area contributed by atoms with Crippen molar-refractivity contribution in [2.75, 3.05) is 13.1 Å². The van der Waals surface area contributed by atoms with E-state index in [2.05, 4.69) is 18.9 Å². The summed E-state index contributed by atoms with van der Waals surface area (Å²) in [5, 5.41) is 28.6. The SMILES string of the molecule is CCCCN(CCCC)/N=C\c1cccc(OC(=O)c2cc([N+](=O)[O-])cc([N+](=O)[O-])c2)c1. The Morgan fingerprint density at radius 3 is 2.12 bits per heavy atom. The van der Waals surface area contributed by atoms with Crippen molar-refractivity contribution in [2.45, 2.75) is 39.5 Å². The Morgan fingerprint density at radius 2 is 1.59 bits per heavy atom. The third kappa shape index (κ3) is 7.46. The first-order valence-corrected chi connectivity index (χ1v) is 10.4. The highest BCUT2D eigenvalue weighted by atomic mass is 16.6. The number of ether oxygens (including phenoxy) is 1. The minimum atomic E-state index is -0.932. The molecule has 2 aromatic carbocycles. The fourth-order valence-corrected chi connectivity index (χ4v) is 2.80. The van der Waals surface area contributed by atoms with Crippen molar-refractivity contribution in [3.8, 4) is 5.75 Å². The molecule has 0 N–H and O–H groups in total. The van der Waals surface area contributed by atoms with Gasteiger partial charge in [0.1, 0.15) is 5.75 Å². The van der Waals surface area contributed by atoms with E-state index < -0.39 is 27.2 Å². The molecule has 32 heavy (non-hydrogen) atoms. The molecule has 0 saturated carbocycles. The van der Waals surface area contributed by atoms with Crippen molar-refractivity contribution in [2.24, 2.45) is 5.10 Å². The molecule has 0 fully saturated rings. The summed E-state index contributed by atoms with van der Waals surface area (Å²) in [6, 6.07) is 9.31. The second kappa shape index (κ2) is 12.1. The third-order valence-electron chi connectivity index (χ3n) is 4.54. The summed E-state index contributed by atoms with van der Waals surface area (Å²) in [6.07, 6.45) is 5.89. The van der Waals surface area contributed by atoms with E-state index >= 15 is 0 Å². The molecule has 0 radical (unpaired) electrons. The van der Waals surface area contributed by atoms with Crippen LogP contribution in [0.1, 0.15) is 55.5 Å². The minimum Gasteiger partial charge on any atom is -0.423 e. The zero-order chi connectivity index (χ0) is 23.5. The maximum atomic E-state index is 12.5. The Bertz CT molecular complexity index is 952. The van der Waals surface area contributed by atoms with E-state index in [1.54, 1.807) is 30.5 Å². The summed E-state index contributed by atoms with van der Waals surface area (Å²) in [5.41, 5.74) is -0.703. The van der Waals surface area contributed by atoms with E-state index in [-0.39, 0.29) is 11.3 Å². The van der Waals surface area contributed by atoms with Crippen LogP contribution in [0.3, 0.4) is 0 Å². The number of carbonyl (C=O) groups is 1. The normalized spacial score (nSPS) is 10.8. The first-order valence-electron chi connectivity index (χ1n) is 10.4. The smallest absolute Gasteiger partial charge is 0.344 e. The summed E-state index contributed by atoms with van der Waals surface area (Å²) in [7, 11) is 0. The maximum Gasteiger partial charge on any atom is 0.344 e. The topological polar surface area (TPSA) is 128 Å². The first kappa shape index (κ1) is 24.4. The quantitative estimate of drug-likeness (QED) is 0.149. The van der Waals surface area contributed by atoms with Gasteiger partial charge in [-0.1, -0.05) is 38.8 Å². The highest BCUT2D eigenvalue weighted by molar-refractivity contribution is 5.93. The number of esters is 1. The molecule has 2 rings (SSSR count). The zero-order valence-electron chi connectivity index (χ0n) is 18.1. The molecule has 0 unspecified atom stereocenters. The Hall–Kier alpha value is -3.82. The number of nitro benzene ring substituents is 2. The molecule has 0 saturated heterocycles. The van der Waals surface area contributed by atoms with Gasteiger partial charge in [-0.15, -0.1) is 0 Å². The second-order valence-electron chi connectivity index (χ2n) is 7.12. The number of nitro groups is 2. The minimum absolute atomic E-state index is 0.196. The second-order valence-corrected chi connectivity index (χ2v) is 7.12. The molecule has 0 aliphatic rings. The molecule has 0 spiro atoms. The van der Waals surface area contributed by atoms with Crippen LogP contribution in [-0.4, -0.2) is 40.1 Å². The number of hydrazone groups is 1. The van der Waals surface area contributed by atoms with Gasteiger partial charge in [0.15, 0.2) is 0 Å². The Morgan fingerprint density at radius 1 is 1.00 bits per heavy atom. The van der Waals surface area contributed by atoms with Gasteiger partial charge >= 0.3 is 5.97 Å². The number of unbranched alkanes of at least 4 members (excludes halogenated alkanes) is 2. The van der Waals surface area contributed by atoms with E-state index in [4.69, 9.17) is 4.74 Å². The average Bonchev–Trinajstić information content (AvgIpc) is 2.78. The van der Waals surface area contributed by atoms with Crippen LogP contribution in [0, 0.1) is 20.2 Å². The summed E-state index contributed by atoms with van der Waals surface area (Å²) in [6.45, 7) is 5.95. The number of hydrogen-bond donors (Lipinski definition) is 0. The predicted octanol–water partition coefficient (Wildman–Crippen LogP) is 4.96.